The molecule has 4 nitrogen and oxygen atoms in total. The highest BCUT2D eigenvalue weighted by Crippen LogP contribution is 2.08. The Labute approximate surface area is 72.6 Å². The summed E-state index contributed by atoms with van der Waals surface area (Å²) in [4.78, 5) is 13.0. The highest BCUT2D eigenvalue weighted by atomic mass is 16.2. The number of amides is 1. The van der Waals surface area contributed by atoms with Gasteiger partial charge in [-0.1, -0.05) is 0 Å². The predicted octanol–water partition coefficient (Wildman–Crippen LogP) is 0.204. The number of nitrogens with zero attached hydrogens (tertiary/aromatic N) is 2. The number of likely N-dealkylation sites (tertiary alicyclic amines) is 1. The lowest BCUT2D eigenvalue weighted by molar-refractivity contribution is -0.127. The molecule has 1 aliphatic rings. The molecule has 0 saturated carbocycles. The van der Waals surface area contributed by atoms with E-state index in [0.717, 1.165) is 38.9 Å². The second-order valence-corrected chi connectivity index (χ2v) is 2.90. The van der Waals surface area contributed by atoms with Gasteiger partial charge in [0.2, 0.25) is 5.91 Å². The van der Waals surface area contributed by atoms with E-state index in [9.17, 15) is 4.79 Å². The third kappa shape index (κ3) is 2.53. The highest BCUT2D eigenvalue weighted by molar-refractivity contribution is 5.77. The zero-order valence-corrected chi connectivity index (χ0v) is 7.25. The maximum absolute atomic E-state index is 11.1. The molecule has 0 aromatic carbocycles. The molecule has 1 aliphatic heterocycles. The summed E-state index contributed by atoms with van der Waals surface area (Å²) in [5, 5.41) is 3.52. The van der Waals surface area contributed by atoms with Crippen molar-refractivity contribution >= 4 is 12.6 Å². The van der Waals surface area contributed by atoms with E-state index >= 15 is 0 Å². The summed E-state index contributed by atoms with van der Waals surface area (Å²) in [7, 11) is 0. The normalized spacial score (nSPS) is 16.7. The monoisotopic (exact) mass is 169 g/mol. The van der Waals surface area contributed by atoms with E-state index in [1.165, 1.54) is 0 Å². The Morgan fingerprint density at radius 3 is 3.08 bits per heavy atom. The lowest BCUT2D eigenvalue weighted by Crippen LogP contribution is -2.27. The van der Waals surface area contributed by atoms with Crippen LogP contribution in [0.25, 0.3) is 0 Å². The van der Waals surface area contributed by atoms with E-state index in [1.807, 2.05) is 4.90 Å². The first-order chi connectivity index (χ1) is 5.84. The molecular formula is C8H15N3O. The number of hydrazone groups is 1. The Morgan fingerprint density at radius 1 is 1.67 bits per heavy atom. The van der Waals surface area contributed by atoms with Gasteiger partial charge < -0.3 is 10.3 Å². The number of carbonyl (C=O) groups excluding carboxylic acids is 1. The van der Waals surface area contributed by atoms with Gasteiger partial charge >= 0.3 is 0 Å². The minimum atomic E-state index is 0.293. The summed E-state index contributed by atoms with van der Waals surface area (Å²) in [6, 6.07) is 0. The van der Waals surface area contributed by atoms with Crippen molar-refractivity contribution in [2.75, 3.05) is 19.6 Å². The van der Waals surface area contributed by atoms with Crippen LogP contribution in [0.1, 0.15) is 19.3 Å². The molecule has 0 bridgehead atoms. The smallest absolute Gasteiger partial charge is 0.222 e. The Bertz CT molecular complexity index is 170. The molecule has 0 spiro atoms. The maximum Gasteiger partial charge on any atom is 0.222 e. The molecule has 0 radical (unpaired) electrons. The molecule has 1 rings (SSSR count). The first kappa shape index (κ1) is 9.03. The van der Waals surface area contributed by atoms with E-state index in [2.05, 4.69) is 17.2 Å². The van der Waals surface area contributed by atoms with Crippen LogP contribution in [-0.2, 0) is 4.79 Å². The van der Waals surface area contributed by atoms with Crippen LogP contribution in [0.4, 0.5) is 0 Å². The maximum atomic E-state index is 11.1. The lowest BCUT2D eigenvalue weighted by atomic mass is 10.4. The summed E-state index contributed by atoms with van der Waals surface area (Å²) >= 11 is 0. The average molecular weight is 169 g/mol. The number of carbonyl (C=O) groups is 1. The van der Waals surface area contributed by atoms with Gasteiger partial charge in [0.15, 0.2) is 0 Å². The standard InChI is InChI=1S/C8H15N3O/c1-9-10-5-3-7-11-6-2-4-8(11)12/h10H,1-7H2. The molecule has 0 unspecified atom stereocenters. The van der Waals surface area contributed by atoms with Crippen molar-refractivity contribution in [3.63, 3.8) is 0 Å². The molecule has 68 valence electrons. The van der Waals surface area contributed by atoms with E-state index in [1.54, 1.807) is 0 Å². The van der Waals surface area contributed by atoms with Gasteiger partial charge in [-0.25, -0.2) is 0 Å². The predicted molar refractivity (Wildman–Crippen MR) is 48.0 cm³/mol. The molecule has 1 N–H and O–H groups in total. The van der Waals surface area contributed by atoms with E-state index < -0.39 is 0 Å². The topological polar surface area (TPSA) is 44.7 Å². The van der Waals surface area contributed by atoms with E-state index in [0.29, 0.717) is 5.91 Å². The lowest BCUT2D eigenvalue weighted by Gasteiger charge is -2.14. The zero-order valence-electron chi connectivity index (χ0n) is 7.25. The minimum absolute atomic E-state index is 0.293. The van der Waals surface area contributed by atoms with Crippen molar-refractivity contribution in [3.8, 4) is 0 Å². The van der Waals surface area contributed by atoms with Crippen molar-refractivity contribution < 1.29 is 4.79 Å². The number of hydrogen-bond donors (Lipinski definition) is 1. The first-order valence-electron chi connectivity index (χ1n) is 4.31. The van der Waals surface area contributed by atoms with Gasteiger partial charge in [0.05, 0.1) is 0 Å². The highest BCUT2D eigenvalue weighted by Gasteiger charge is 2.18. The summed E-state index contributed by atoms with van der Waals surface area (Å²) in [6.45, 7) is 5.88. The van der Waals surface area contributed by atoms with Crippen LogP contribution in [0, 0.1) is 0 Å². The van der Waals surface area contributed by atoms with Gasteiger partial charge in [-0.3, -0.25) is 4.79 Å². The van der Waals surface area contributed by atoms with Gasteiger partial charge in [-0.2, -0.15) is 5.10 Å². The third-order valence-corrected chi connectivity index (χ3v) is 2.00. The molecule has 1 heterocycles. The van der Waals surface area contributed by atoms with Gasteiger partial charge in [-0.05, 0) is 12.8 Å². The second-order valence-electron chi connectivity index (χ2n) is 2.90. The molecule has 1 amide bonds. The third-order valence-electron chi connectivity index (χ3n) is 2.00. The van der Waals surface area contributed by atoms with Gasteiger partial charge in [-0.15, -0.1) is 0 Å². The Kier molecular flexibility index (Phi) is 3.57. The molecule has 0 aliphatic carbocycles. The second kappa shape index (κ2) is 4.74. The van der Waals surface area contributed by atoms with Crippen LogP contribution in [0.3, 0.4) is 0 Å². The Morgan fingerprint density at radius 2 is 2.50 bits per heavy atom. The largest absolute Gasteiger partial charge is 0.343 e. The van der Waals surface area contributed by atoms with Crippen molar-refractivity contribution in [2.45, 2.75) is 19.3 Å². The molecular weight excluding hydrogens is 154 g/mol. The first-order valence-corrected chi connectivity index (χ1v) is 4.31. The van der Waals surface area contributed by atoms with Crippen molar-refractivity contribution in [3.05, 3.63) is 0 Å². The Balaban J connectivity index is 2.06. The van der Waals surface area contributed by atoms with Gasteiger partial charge in [0.1, 0.15) is 0 Å². The molecule has 1 fully saturated rings. The molecule has 0 aromatic heterocycles. The fraction of sp³-hybridized carbons (Fsp3) is 0.750. The van der Waals surface area contributed by atoms with Crippen LogP contribution in [0.15, 0.2) is 5.10 Å². The fourth-order valence-electron chi connectivity index (χ4n) is 1.37. The quantitative estimate of drug-likeness (QED) is 0.363. The molecule has 12 heavy (non-hydrogen) atoms. The molecule has 0 atom stereocenters. The summed E-state index contributed by atoms with van der Waals surface area (Å²) in [5.74, 6) is 0.293. The summed E-state index contributed by atoms with van der Waals surface area (Å²) in [5.41, 5.74) is 2.76. The van der Waals surface area contributed by atoms with Gasteiger partial charge in [0.25, 0.3) is 0 Å². The fourth-order valence-corrected chi connectivity index (χ4v) is 1.37. The van der Waals surface area contributed by atoms with Crippen molar-refractivity contribution in [1.82, 2.24) is 10.3 Å². The van der Waals surface area contributed by atoms with Crippen LogP contribution >= 0.6 is 0 Å². The number of nitrogens with one attached hydrogen (secondary N) is 1. The van der Waals surface area contributed by atoms with Crippen molar-refractivity contribution in [1.29, 1.82) is 0 Å². The van der Waals surface area contributed by atoms with E-state index in [-0.39, 0.29) is 0 Å². The SMILES string of the molecule is C=NNCCCN1CCCC1=O. The minimum Gasteiger partial charge on any atom is -0.343 e. The van der Waals surface area contributed by atoms with Crippen molar-refractivity contribution in [2.24, 2.45) is 5.10 Å². The summed E-state index contributed by atoms with van der Waals surface area (Å²) in [6.07, 6.45) is 2.70. The number of hydrogen-bond acceptors (Lipinski definition) is 3. The number of rotatable bonds is 5. The van der Waals surface area contributed by atoms with Crippen LogP contribution in [-0.4, -0.2) is 37.2 Å². The Hall–Kier alpha value is -1.06. The summed E-state index contributed by atoms with van der Waals surface area (Å²) < 4.78 is 0. The zero-order chi connectivity index (χ0) is 8.81. The van der Waals surface area contributed by atoms with Crippen LogP contribution < -0.4 is 5.43 Å². The van der Waals surface area contributed by atoms with E-state index in [4.69, 9.17) is 0 Å². The average Bonchev–Trinajstić information content (AvgIpc) is 2.46. The molecule has 4 heteroatoms. The van der Waals surface area contributed by atoms with Crippen LogP contribution in [0.5, 0.6) is 0 Å². The molecule has 1 saturated heterocycles. The van der Waals surface area contributed by atoms with Gasteiger partial charge in [0, 0.05) is 32.8 Å². The molecule has 0 aromatic rings. The van der Waals surface area contributed by atoms with Crippen LogP contribution in [0.2, 0.25) is 0 Å².